The lowest BCUT2D eigenvalue weighted by Crippen LogP contribution is -2.58. The zero-order valence-corrected chi connectivity index (χ0v) is 13.3. The van der Waals surface area contributed by atoms with Crippen LogP contribution in [-0.4, -0.2) is 54.0 Å². The summed E-state index contributed by atoms with van der Waals surface area (Å²) in [6, 6.07) is 0. The van der Waals surface area contributed by atoms with E-state index in [0.29, 0.717) is 0 Å². The molecule has 1 fully saturated rings. The van der Waals surface area contributed by atoms with Gasteiger partial charge in [-0.3, -0.25) is 14.4 Å². The van der Waals surface area contributed by atoms with Crippen molar-refractivity contribution in [1.29, 1.82) is 0 Å². The van der Waals surface area contributed by atoms with Crippen molar-refractivity contribution in [3.8, 4) is 0 Å². The van der Waals surface area contributed by atoms with Crippen LogP contribution in [0.2, 0.25) is 0 Å². The van der Waals surface area contributed by atoms with Crippen molar-refractivity contribution in [2.75, 3.05) is 6.61 Å². The van der Waals surface area contributed by atoms with Gasteiger partial charge in [-0.2, -0.15) is 0 Å². The van der Waals surface area contributed by atoms with Gasteiger partial charge in [0.05, 0.1) is 0 Å². The van der Waals surface area contributed by atoms with E-state index in [4.69, 9.17) is 18.9 Å². The summed E-state index contributed by atoms with van der Waals surface area (Å²) in [7, 11) is 0. The van der Waals surface area contributed by atoms with Gasteiger partial charge in [0.15, 0.2) is 23.4 Å². The van der Waals surface area contributed by atoms with Gasteiger partial charge in [-0.25, -0.2) is 4.39 Å². The lowest BCUT2D eigenvalue weighted by molar-refractivity contribution is -0.215. The third kappa shape index (κ3) is 5.24. The second-order valence-corrected chi connectivity index (χ2v) is 5.32. The first-order valence-electron chi connectivity index (χ1n) is 6.13. The van der Waals surface area contributed by atoms with Crippen LogP contribution in [0.3, 0.4) is 0 Å². The van der Waals surface area contributed by atoms with E-state index < -0.39 is 47.4 Å². The summed E-state index contributed by atoms with van der Waals surface area (Å²) in [4.78, 5) is 32.9. The van der Waals surface area contributed by atoms with Crippen LogP contribution in [0.25, 0.3) is 0 Å². The summed E-state index contributed by atoms with van der Waals surface area (Å²) < 4.78 is 34.3. The summed E-state index contributed by atoms with van der Waals surface area (Å²) in [5.74, 6) is -2.01. The molecular weight excluding hydrogens is 355 g/mol. The quantitative estimate of drug-likeness (QED) is 0.412. The zero-order chi connectivity index (χ0) is 16.2. The second kappa shape index (κ2) is 7.69. The highest BCUT2D eigenvalue weighted by Crippen LogP contribution is 2.31. The number of carbonyl (C=O) groups excluding carboxylic acids is 3. The number of rotatable bonds is 4. The lowest BCUT2D eigenvalue weighted by Gasteiger charge is -2.40. The Balaban J connectivity index is 2.86. The number of carbonyl (C=O) groups is 3. The van der Waals surface area contributed by atoms with E-state index in [1.165, 1.54) is 6.92 Å². The number of ether oxygens (including phenoxy) is 4. The van der Waals surface area contributed by atoms with Crippen molar-refractivity contribution in [1.82, 2.24) is 0 Å². The molecule has 0 aromatic carbocycles. The minimum atomic E-state index is -1.82. The maximum Gasteiger partial charge on any atom is 0.303 e. The van der Waals surface area contributed by atoms with Gasteiger partial charge in [-0.15, -0.1) is 0 Å². The highest BCUT2D eigenvalue weighted by atomic mass is 79.9. The average Bonchev–Trinajstić information content (AvgIpc) is 2.35. The van der Waals surface area contributed by atoms with Crippen LogP contribution >= 0.6 is 15.9 Å². The molecule has 0 aromatic heterocycles. The van der Waals surface area contributed by atoms with Crippen LogP contribution in [0.1, 0.15) is 20.8 Å². The average molecular weight is 371 g/mol. The summed E-state index contributed by atoms with van der Waals surface area (Å²) in [5, 5.41) is -0.955. The van der Waals surface area contributed by atoms with E-state index in [9.17, 15) is 18.8 Å². The highest BCUT2D eigenvalue weighted by Gasteiger charge is 2.49. The van der Waals surface area contributed by atoms with E-state index in [1.807, 2.05) is 0 Å². The second-order valence-electron chi connectivity index (χ2n) is 4.42. The fourth-order valence-electron chi connectivity index (χ4n) is 1.83. The topological polar surface area (TPSA) is 88.1 Å². The molecule has 1 aliphatic rings. The molecule has 0 N–H and O–H groups in total. The Morgan fingerprint density at radius 1 is 1.05 bits per heavy atom. The standard InChI is InChI=1S/C12H16BrFO7/c1-5(15)18-4-8-10(19-6(2)16)9(14)11(12(13)21-8)20-7(3)17/h8-12H,4H2,1-3H3. The van der Waals surface area contributed by atoms with Crippen LogP contribution in [0.4, 0.5) is 4.39 Å². The van der Waals surface area contributed by atoms with Crippen molar-refractivity contribution in [3.05, 3.63) is 0 Å². The molecule has 0 spiro atoms. The van der Waals surface area contributed by atoms with E-state index in [0.717, 1.165) is 13.8 Å². The van der Waals surface area contributed by atoms with Crippen molar-refractivity contribution in [3.63, 3.8) is 0 Å². The highest BCUT2D eigenvalue weighted by molar-refractivity contribution is 9.09. The van der Waals surface area contributed by atoms with E-state index in [2.05, 4.69) is 15.9 Å². The summed E-state index contributed by atoms with van der Waals surface area (Å²) in [5.41, 5.74) is 0. The largest absolute Gasteiger partial charge is 0.463 e. The molecule has 0 saturated carbocycles. The van der Waals surface area contributed by atoms with Gasteiger partial charge >= 0.3 is 17.9 Å². The van der Waals surface area contributed by atoms with Gasteiger partial charge in [0.1, 0.15) is 12.7 Å². The Hall–Kier alpha value is -1.22. The number of hydrogen-bond acceptors (Lipinski definition) is 7. The molecule has 7 nitrogen and oxygen atoms in total. The Morgan fingerprint density at radius 2 is 1.57 bits per heavy atom. The molecule has 0 aliphatic carbocycles. The predicted molar refractivity (Wildman–Crippen MR) is 70.2 cm³/mol. The normalized spacial score (nSPS) is 32.1. The summed E-state index contributed by atoms with van der Waals surface area (Å²) in [6.45, 7) is 3.13. The Bertz CT molecular complexity index is 414. The van der Waals surface area contributed by atoms with Crippen LogP contribution in [0, 0.1) is 0 Å². The monoisotopic (exact) mass is 370 g/mol. The molecule has 0 bridgehead atoms. The predicted octanol–water partition coefficient (Wildman–Crippen LogP) is 0.871. The van der Waals surface area contributed by atoms with Crippen LogP contribution < -0.4 is 0 Å². The third-order valence-electron chi connectivity index (χ3n) is 2.61. The van der Waals surface area contributed by atoms with Gasteiger partial charge < -0.3 is 18.9 Å². The minimum absolute atomic E-state index is 0.289. The molecule has 0 radical (unpaired) electrons. The van der Waals surface area contributed by atoms with Gasteiger partial charge in [-0.1, -0.05) is 15.9 Å². The lowest BCUT2D eigenvalue weighted by atomic mass is 10.0. The van der Waals surface area contributed by atoms with Gasteiger partial charge in [0.25, 0.3) is 0 Å². The maximum atomic E-state index is 14.5. The van der Waals surface area contributed by atoms with Gasteiger partial charge in [-0.05, 0) is 0 Å². The Kier molecular flexibility index (Phi) is 6.53. The van der Waals surface area contributed by atoms with E-state index in [-0.39, 0.29) is 6.61 Å². The number of alkyl halides is 2. The molecule has 9 heteroatoms. The summed E-state index contributed by atoms with van der Waals surface area (Å²) >= 11 is 3.04. The molecule has 120 valence electrons. The van der Waals surface area contributed by atoms with Crippen molar-refractivity contribution < 1.29 is 37.7 Å². The van der Waals surface area contributed by atoms with Crippen molar-refractivity contribution >= 4 is 33.8 Å². The van der Waals surface area contributed by atoms with Crippen LogP contribution in [0.15, 0.2) is 0 Å². The Morgan fingerprint density at radius 3 is 2.05 bits per heavy atom. The summed E-state index contributed by atoms with van der Waals surface area (Å²) in [6.07, 6.45) is -5.46. The first-order valence-corrected chi connectivity index (χ1v) is 7.05. The van der Waals surface area contributed by atoms with Crippen LogP contribution in [0.5, 0.6) is 0 Å². The fraction of sp³-hybridized carbons (Fsp3) is 0.750. The third-order valence-corrected chi connectivity index (χ3v) is 3.35. The molecule has 1 heterocycles. The molecular formula is C12H16BrFO7. The minimum Gasteiger partial charge on any atom is -0.463 e. The van der Waals surface area contributed by atoms with Gasteiger partial charge in [0, 0.05) is 20.8 Å². The smallest absolute Gasteiger partial charge is 0.303 e. The van der Waals surface area contributed by atoms with E-state index >= 15 is 0 Å². The Labute approximate surface area is 129 Å². The molecule has 1 aliphatic heterocycles. The number of halogens is 2. The number of hydrogen-bond donors (Lipinski definition) is 0. The SMILES string of the molecule is CC(=O)OCC1OC(Br)C(OC(C)=O)C(F)C1OC(C)=O. The fourth-order valence-corrected chi connectivity index (χ4v) is 2.51. The maximum absolute atomic E-state index is 14.5. The zero-order valence-electron chi connectivity index (χ0n) is 11.7. The van der Waals surface area contributed by atoms with Crippen LogP contribution in [-0.2, 0) is 33.3 Å². The molecule has 5 unspecified atom stereocenters. The van der Waals surface area contributed by atoms with E-state index in [1.54, 1.807) is 0 Å². The first kappa shape index (κ1) is 17.8. The number of esters is 3. The first-order chi connectivity index (χ1) is 9.72. The van der Waals surface area contributed by atoms with Crippen molar-refractivity contribution in [2.24, 2.45) is 0 Å². The van der Waals surface area contributed by atoms with Gasteiger partial charge in [0.2, 0.25) is 0 Å². The molecule has 1 saturated heterocycles. The molecule has 1 rings (SSSR count). The molecule has 0 amide bonds. The van der Waals surface area contributed by atoms with Crippen molar-refractivity contribution in [2.45, 2.75) is 50.3 Å². The molecule has 0 aromatic rings. The molecule has 5 atom stereocenters. The molecule has 21 heavy (non-hydrogen) atoms.